The molecule has 0 aliphatic heterocycles. The smallest absolute Gasteiger partial charge is 0.242 e. The van der Waals surface area contributed by atoms with E-state index in [2.05, 4.69) is 10.6 Å². The molecule has 0 bridgehead atoms. The number of carbonyl (C=O) groups excluding carboxylic acids is 1. The van der Waals surface area contributed by atoms with Crippen molar-refractivity contribution in [1.29, 1.82) is 0 Å². The summed E-state index contributed by atoms with van der Waals surface area (Å²) >= 11 is 4.84. The van der Waals surface area contributed by atoms with Crippen molar-refractivity contribution in [3.8, 4) is 0 Å². The molecule has 4 N–H and O–H groups in total. The second-order valence-electron chi connectivity index (χ2n) is 5.03. The fraction of sp³-hybridized carbons (Fsp3) is 0.429. The minimum absolute atomic E-state index is 0.0413. The van der Waals surface area contributed by atoms with Crippen LogP contribution >= 0.6 is 12.2 Å². The maximum absolute atomic E-state index is 13.7. The third-order valence-electron chi connectivity index (χ3n) is 2.71. The summed E-state index contributed by atoms with van der Waals surface area (Å²) in [6.45, 7) is 6.31. The lowest BCUT2D eigenvalue weighted by Crippen LogP contribution is -2.39. The fourth-order valence-electron chi connectivity index (χ4n) is 1.65. The molecule has 110 valence electrons. The second-order valence-corrected chi connectivity index (χ2v) is 5.47. The van der Waals surface area contributed by atoms with Gasteiger partial charge >= 0.3 is 0 Å². The SMILES string of the molecule is CC(C)CNC(=O)C(C)Nc1cccc(F)c1C(N)=S. The number of hydrogen-bond acceptors (Lipinski definition) is 3. The predicted molar refractivity (Wildman–Crippen MR) is 83.2 cm³/mol. The quantitative estimate of drug-likeness (QED) is 0.703. The Morgan fingerprint density at radius 1 is 1.40 bits per heavy atom. The highest BCUT2D eigenvalue weighted by molar-refractivity contribution is 7.80. The molecule has 20 heavy (non-hydrogen) atoms. The standard InChI is InChI=1S/C14H20FN3OS/c1-8(2)7-17-14(19)9(3)18-11-6-4-5-10(15)12(11)13(16)20/h4-6,8-9,18H,7H2,1-3H3,(H2,16,20)(H,17,19). The molecule has 1 aromatic carbocycles. The van der Waals surface area contributed by atoms with Gasteiger partial charge in [-0.15, -0.1) is 0 Å². The van der Waals surface area contributed by atoms with Crippen molar-refractivity contribution < 1.29 is 9.18 Å². The van der Waals surface area contributed by atoms with Crippen molar-refractivity contribution >= 4 is 28.8 Å². The van der Waals surface area contributed by atoms with E-state index < -0.39 is 11.9 Å². The zero-order valence-electron chi connectivity index (χ0n) is 11.9. The van der Waals surface area contributed by atoms with Crippen LogP contribution in [0.2, 0.25) is 0 Å². The van der Waals surface area contributed by atoms with E-state index in [1.54, 1.807) is 13.0 Å². The van der Waals surface area contributed by atoms with Gasteiger partial charge < -0.3 is 16.4 Å². The van der Waals surface area contributed by atoms with Crippen molar-refractivity contribution in [1.82, 2.24) is 5.32 Å². The number of nitrogens with one attached hydrogen (secondary N) is 2. The van der Waals surface area contributed by atoms with Gasteiger partial charge in [-0.05, 0) is 25.0 Å². The summed E-state index contributed by atoms with van der Waals surface area (Å²) < 4.78 is 13.7. The van der Waals surface area contributed by atoms with E-state index in [1.807, 2.05) is 13.8 Å². The number of rotatable bonds is 6. The van der Waals surface area contributed by atoms with Gasteiger partial charge in [0.1, 0.15) is 16.8 Å². The summed E-state index contributed by atoms with van der Waals surface area (Å²) in [6, 6.07) is 3.95. The first-order valence-electron chi connectivity index (χ1n) is 6.45. The molecule has 1 rings (SSSR count). The zero-order chi connectivity index (χ0) is 15.3. The molecule has 0 saturated heterocycles. The minimum atomic E-state index is -0.511. The van der Waals surface area contributed by atoms with Crippen molar-refractivity contribution in [3.63, 3.8) is 0 Å². The summed E-state index contributed by atoms with van der Waals surface area (Å²) in [5.41, 5.74) is 6.07. The molecule has 0 radical (unpaired) electrons. The lowest BCUT2D eigenvalue weighted by molar-refractivity contribution is -0.121. The molecule has 4 nitrogen and oxygen atoms in total. The van der Waals surface area contributed by atoms with Gasteiger partial charge in [0.05, 0.1) is 5.56 Å². The maximum atomic E-state index is 13.7. The molecule has 0 aliphatic rings. The van der Waals surface area contributed by atoms with Crippen molar-refractivity contribution in [3.05, 3.63) is 29.6 Å². The van der Waals surface area contributed by atoms with Crippen LogP contribution in [0.15, 0.2) is 18.2 Å². The van der Waals surface area contributed by atoms with Gasteiger partial charge in [0.15, 0.2) is 0 Å². The highest BCUT2D eigenvalue weighted by Crippen LogP contribution is 2.19. The molecule has 1 atom stereocenters. The Morgan fingerprint density at radius 3 is 2.60 bits per heavy atom. The van der Waals surface area contributed by atoms with E-state index >= 15 is 0 Å². The average molecular weight is 297 g/mol. The summed E-state index contributed by atoms with van der Waals surface area (Å²) in [7, 11) is 0. The first-order chi connectivity index (χ1) is 9.32. The molecular formula is C14H20FN3OS. The third-order valence-corrected chi connectivity index (χ3v) is 2.91. The van der Waals surface area contributed by atoms with Crippen LogP contribution in [-0.4, -0.2) is 23.5 Å². The number of halogens is 1. The second kappa shape index (κ2) is 7.19. The monoisotopic (exact) mass is 297 g/mol. The van der Waals surface area contributed by atoms with Crippen LogP contribution in [-0.2, 0) is 4.79 Å². The Balaban J connectivity index is 2.80. The Labute approximate surface area is 123 Å². The van der Waals surface area contributed by atoms with Crippen LogP contribution in [0.3, 0.4) is 0 Å². The van der Waals surface area contributed by atoms with Crippen LogP contribution in [0.5, 0.6) is 0 Å². The lowest BCUT2D eigenvalue weighted by atomic mass is 10.1. The fourth-order valence-corrected chi connectivity index (χ4v) is 1.86. The first kappa shape index (κ1) is 16.4. The molecule has 0 aromatic heterocycles. The Hall–Kier alpha value is -1.69. The lowest BCUT2D eigenvalue weighted by Gasteiger charge is -2.18. The van der Waals surface area contributed by atoms with Crippen molar-refractivity contribution in [2.45, 2.75) is 26.8 Å². The largest absolute Gasteiger partial charge is 0.389 e. The van der Waals surface area contributed by atoms with Gasteiger partial charge in [-0.25, -0.2) is 4.39 Å². The molecule has 0 spiro atoms. The molecule has 0 aliphatic carbocycles. The Bertz CT molecular complexity index is 505. The van der Waals surface area contributed by atoms with Gasteiger partial charge in [-0.3, -0.25) is 4.79 Å². The van der Waals surface area contributed by atoms with E-state index in [1.165, 1.54) is 12.1 Å². The predicted octanol–water partition coefficient (Wildman–Crippen LogP) is 2.03. The van der Waals surface area contributed by atoms with Crippen LogP contribution in [0.4, 0.5) is 10.1 Å². The highest BCUT2D eigenvalue weighted by atomic mass is 32.1. The molecule has 6 heteroatoms. The number of hydrogen-bond donors (Lipinski definition) is 3. The van der Waals surface area contributed by atoms with Crippen molar-refractivity contribution in [2.75, 3.05) is 11.9 Å². The summed E-state index contributed by atoms with van der Waals surface area (Å²) in [5.74, 6) is -0.290. The number of carbonyl (C=O) groups is 1. The van der Waals surface area contributed by atoms with E-state index in [-0.39, 0.29) is 16.5 Å². The minimum Gasteiger partial charge on any atom is -0.389 e. The van der Waals surface area contributed by atoms with Gasteiger partial charge in [0.25, 0.3) is 0 Å². The molecule has 1 unspecified atom stereocenters. The molecule has 0 saturated carbocycles. The van der Waals surface area contributed by atoms with Gasteiger partial charge in [-0.1, -0.05) is 32.1 Å². The molecule has 1 aromatic rings. The highest BCUT2D eigenvalue weighted by Gasteiger charge is 2.17. The normalized spacial score (nSPS) is 12.1. The maximum Gasteiger partial charge on any atom is 0.242 e. The average Bonchev–Trinajstić information content (AvgIpc) is 2.35. The molecule has 1 amide bonds. The zero-order valence-corrected chi connectivity index (χ0v) is 12.7. The van der Waals surface area contributed by atoms with Gasteiger partial charge in [0, 0.05) is 12.2 Å². The van der Waals surface area contributed by atoms with Crippen molar-refractivity contribution in [2.24, 2.45) is 11.7 Å². The summed E-state index contributed by atoms with van der Waals surface area (Å²) in [5, 5.41) is 5.74. The van der Waals surface area contributed by atoms with Crippen LogP contribution in [0.1, 0.15) is 26.3 Å². The van der Waals surface area contributed by atoms with Gasteiger partial charge in [-0.2, -0.15) is 0 Å². The number of amides is 1. The van der Waals surface area contributed by atoms with E-state index in [9.17, 15) is 9.18 Å². The van der Waals surface area contributed by atoms with Crippen LogP contribution in [0.25, 0.3) is 0 Å². The third kappa shape index (κ3) is 4.45. The Morgan fingerprint density at radius 2 is 2.05 bits per heavy atom. The van der Waals surface area contributed by atoms with Crippen LogP contribution in [0, 0.1) is 11.7 Å². The molecule has 0 heterocycles. The van der Waals surface area contributed by atoms with E-state index in [4.69, 9.17) is 18.0 Å². The summed E-state index contributed by atoms with van der Waals surface area (Å²) in [4.78, 5) is 11.8. The number of thiocarbonyl (C=S) groups is 1. The first-order valence-corrected chi connectivity index (χ1v) is 6.86. The van der Waals surface area contributed by atoms with Crippen LogP contribution < -0.4 is 16.4 Å². The van der Waals surface area contributed by atoms with Gasteiger partial charge in [0.2, 0.25) is 5.91 Å². The van der Waals surface area contributed by atoms with E-state index in [0.717, 1.165) is 0 Å². The topological polar surface area (TPSA) is 67.2 Å². The molecule has 0 fully saturated rings. The number of anilines is 1. The molecular weight excluding hydrogens is 277 g/mol. The number of benzene rings is 1. The Kier molecular flexibility index (Phi) is 5.88. The summed E-state index contributed by atoms with van der Waals surface area (Å²) in [6.07, 6.45) is 0. The van der Waals surface area contributed by atoms with E-state index in [0.29, 0.717) is 18.2 Å². The number of nitrogens with two attached hydrogens (primary N) is 1.